The molecule has 0 unspecified atom stereocenters. The van der Waals surface area contributed by atoms with E-state index in [1.54, 1.807) is 13.0 Å². The third kappa shape index (κ3) is 2.98. The normalized spacial score (nSPS) is 20.8. The van der Waals surface area contributed by atoms with Crippen LogP contribution in [0.3, 0.4) is 0 Å². The van der Waals surface area contributed by atoms with Gasteiger partial charge in [-0.15, -0.1) is 0 Å². The lowest BCUT2D eigenvalue weighted by Crippen LogP contribution is -2.43. The minimum absolute atomic E-state index is 0.197. The van der Waals surface area contributed by atoms with Gasteiger partial charge >= 0.3 is 0 Å². The van der Waals surface area contributed by atoms with Crippen molar-refractivity contribution in [2.24, 2.45) is 0 Å². The number of aliphatic hydroxyl groups is 1. The van der Waals surface area contributed by atoms with Crippen LogP contribution in [0.5, 0.6) is 0 Å². The van der Waals surface area contributed by atoms with E-state index in [9.17, 15) is 9.50 Å². The highest BCUT2D eigenvalue weighted by atomic mass is 32.2. The molecule has 1 heterocycles. The summed E-state index contributed by atoms with van der Waals surface area (Å²) in [7, 11) is 0. The zero-order chi connectivity index (χ0) is 13.3. The summed E-state index contributed by atoms with van der Waals surface area (Å²) >= 11 is 1.96. The third-order valence-electron chi connectivity index (χ3n) is 3.21. The Morgan fingerprint density at radius 3 is 2.78 bits per heavy atom. The van der Waals surface area contributed by atoms with Gasteiger partial charge in [0, 0.05) is 34.8 Å². The smallest absolute Gasteiger partial charge is 0.123 e. The van der Waals surface area contributed by atoms with E-state index in [-0.39, 0.29) is 10.6 Å². The number of nitrogens with zero attached hydrogens (tertiary/aromatic N) is 1. The van der Waals surface area contributed by atoms with Crippen LogP contribution in [0.2, 0.25) is 0 Å². The Labute approximate surface area is 112 Å². The number of anilines is 1. The molecule has 1 atom stereocenters. The lowest BCUT2D eigenvalue weighted by molar-refractivity contribution is 0.199. The largest absolute Gasteiger partial charge is 0.389 e. The summed E-state index contributed by atoms with van der Waals surface area (Å²) in [6, 6.07) is 4.69. The number of hydrogen-bond acceptors (Lipinski definition) is 3. The molecule has 0 radical (unpaired) electrons. The van der Waals surface area contributed by atoms with Crippen LogP contribution in [0.25, 0.3) is 0 Å². The molecule has 1 N–H and O–H groups in total. The quantitative estimate of drug-likeness (QED) is 0.892. The van der Waals surface area contributed by atoms with E-state index >= 15 is 0 Å². The maximum absolute atomic E-state index is 13.3. The monoisotopic (exact) mass is 269 g/mol. The predicted octanol–water partition coefficient (Wildman–Crippen LogP) is 3.21. The molecule has 18 heavy (non-hydrogen) atoms. The van der Waals surface area contributed by atoms with Crippen molar-refractivity contribution in [1.82, 2.24) is 0 Å². The molecule has 1 aliphatic heterocycles. The molecule has 0 spiro atoms. The first-order chi connectivity index (χ1) is 8.39. The fraction of sp³-hybridized carbons (Fsp3) is 0.571. The highest BCUT2D eigenvalue weighted by Crippen LogP contribution is 2.35. The minimum atomic E-state index is -0.645. The van der Waals surface area contributed by atoms with Crippen LogP contribution in [-0.4, -0.2) is 28.7 Å². The molecule has 1 fully saturated rings. The molecule has 0 amide bonds. The molecule has 2 nitrogen and oxygen atoms in total. The van der Waals surface area contributed by atoms with Crippen molar-refractivity contribution in [3.63, 3.8) is 0 Å². The Morgan fingerprint density at radius 1 is 1.44 bits per heavy atom. The van der Waals surface area contributed by atoms with E-state index in [2.05, 4.69) is 18.7 Å². The third-order valence-corrected chi connectivity index (χ3v) is 4.50. The second-order valence-corrected chi connectivity index (χ2v) is 7.21. The minimum Gasteiger partial charge on any atom is -0.389 e. The van der Waals surface area contributed by atoms with Crippen molar-refractivity contribution >= 4 is 17.4 Å². The summed E-state index contributed by atoms with van der Waals surface area (Å²) in [4.78, 5) is 2.25. The molecular formula is C14H20FNOS. The topological polar surface area (TPSA) is 23.5 Å². The van der Waals surface area contributed by atoms with Gasteiger partial charge < -0.3 is 10.0 Å². The second-order valence-electron chi connectivity index (χ2n) is 5.41. The highest BCUT2D eigenvalue weighted by Gasteiger charge is 2.28. The van der Waals surface area contributed by atoms with Crippen LogP contribution in [0.4, 0.5) is 10.1 Å². The van der Waals surface area contributed by atoms with Crippen molar-refractivity contribution in [3.05, 3.63) is 29.6 Å². The second kappa shape index (κ2) is 5.10. The number of rotatable bonds is 2. The Morgan fingerprint density at radius 2 is 2.17 bits per heavy atom. The zero-order valence-corrected chi connectivity index (χ0v) is 11.9. The summed E-state index contributed by atoms with van der Waals surface area (Å²) in [5.74, 6) is 0.768. The van der Waals surface area contributed by atoms with E-state index in [4.69, 9.17) is 0 Å². The van der Waals surface area contributed by atoms with Gasteiger partial charge in [-0.3, -0.25) is 0 Å². The maximum atomic E-state index is 13.3. The number of hydrogen-bond donors (Lipinski definition) is 1. The number of aliphatic hydroxyl groups excluding tert-OH is 1. The van der Waals surface area contributed by atoms with Crippen molar-refractivity contribution in [2.75, 3.05) is 23.7 Å². The average Bonchev–Trinajstić information content (AvgIpc) is 2.27. The number of thioether (sulfide) groups is 1. The Balaban J connectivity index is 2.32. The van der Waals surface area contributed by atoms with E-state index in [0.717, 1.165) is 24.5 Å². The van der Waals surface area contributed by atoms with Crippen LogP contribution < -0.4 is 4.90 Å². The van der Waals surface area contributed by atoms with E-state index in [1.807, 2.05) is 11.8 Å². The Kier molecular flexibility index (Phi) is 3.87. The van der Waals surface area contributed by atoms with Gasteiger partial charge in [0.15, 0.2) is 0 Å². The van der Waals surface area contributed by atoms with Crippen molar-refractivity contribution < 1.29 is 9.50 Å². The molecule has 0 aromatic heterocycles. The van der Waals surface area contributed by atoms with Crippen molar-refractivity contribution in [3.8, 4) is 0 Å². The van der Waals surface area contributed by atoms with Gasteiger partial charge in [0.1, 0.15) is 5.82 Å². The molecule has 1 aromatic carbocycles. The number of benzene rings is 1. The van der Waals surface area contributed by atoms with Crippen LogP contribution in [0.1, 0.15) is 32.4 Å². The molecule has 0 aliphatic carbocycles. The van der Waals surface area contributed by atoms with Crippen LogP contribution in [0.15, 0.2) is 18.2 Å². The molecule has 0 bridgehead atoms. The Bertz CT molecular complexity index is 434. The molecule has 1 saturated heterocycles. The predicted molar refractivity (Wildman–Crippen MR) is 75.8 cm³/mol. The van der Waals surface area contributed by atoms with Gasteiger partial charge in [-0.1, -0.05) is 0 Å². The fourth-order valence-electron chi connectivity index (χ4n) is 2.37. The van der Waals surface area contributed by atoms with Crippen LogP contribution in [0, 0.1) is 5.82 Å². The zero-order valence-electron chi connectivity index (χ0n) is 11.1. The molecule has 1 aliphatic rings. The molecular weight excluding hydrogens is 249 g/mol. The van der Waals surface area contributed by atoms with Gasteiger partial charge in [-0.25, -0.2) is 4.39 Å². The average molecular weight is 269 g/mol. The van der Waals surface area contributed by atoms with Crippen LogP contribution >= 0.6 is 11.8 Å². The first-order valence-electron chi connectivity index (χ1n) is 6.25. The van der Waals surface area contributed by atoms with E-state index in [1.165, 1.54) is 12.1 Å². The van der Waals surface area contributed by atoms with Gasteiger partial charge in [-0.2, -0.15) is 11.8 Å². The van der Waals surface area contributed by atoms with Gasteiger partial charge in [0.25, 0.3) is 0 Å². The molecule has 100 valence electrons. The molecule has 2 rings (SSSR count). The lowest BCUT2D eigenvalue weighted by Gasteiger charge is -2.40. The van der Waals surface area contributed by atoms with Crippen molar-refractivity contribution in [1.29, 1.82) is 0 Å². The highest BCUT2D eigenvalue weighted by molar-refractivity contribution is 8.00. The summed E-state index contributed by atoms with van der Waals surface area (Å²) in [5, 5.41) is 9.79. The SMILES string of the molecule is C[C@@H](O)c1cc(F)ccc1N1CCSC(C)(C)C1. The number of halogens is 1. The summed E-state index contributed by atoms with van der Waals surface area (Å²) in [6.07, 6.45) is -0.645. The molecule has 0 saturated carbocycles. The van der Waals surface area contributed by atoms with Gasteiger partial charge in [-0.05, 0) is 39.0 Å². The first kappa shape index (κ1) is 13.7. The molecule has 1 aromatic rings. The molecule has 4 heteroatoms. The van der Waals surface area contributed by atoms with Gasteiger partial charge in [0.05, 0.1) is 6.10 Å². The maximum Gasteiger partial charge on any atom is 0.123 e. The van der Waals surface area contributed by atoms with Crippen LogP contribution in [-0.2, 0) is 0 Å². The van der Waals surface area contributed by atoms with Crippen molar-refractivity contribution in [2.45, 2.75) is 31.6 Å². The standard InChI is InChI=1S/C14H20FNOS/c1-10(17)12-8-11(15)4-5-13(12)16-6-7-18-14(2,3)9-16/h4-5,8,10,17H,6-7,9H2,1-3H3/t10-/m1/s1. The summed E-state index contributed by atoms with van der Waals surface area (Å²) in [5.41, 5.74) is 1.64. The van der Waals surface area contributed by atoms with Gasteiger partial charge in [0.2, 0.25) is 0 Å². The fourth-order valence-corrected chi connectivity index (χ4v) is 3.48. The van der Waals surface area contributed by atoms with E-state index < -0.39 is 6.10 Å². The lowest BCUT2D eigenvalue weighted by atomic mass is 10.1. The summed E-state index contributed by atoms with van der Waals surface area (Å²) in [6.45, 7) is 7.98. The van der Waals surface area contributed by atoms with E-state index in [0.29, 0.717) is 5.56 Å². The first-order valence-corrected chi connectivity index (χ1v) is 7.24. The summed E-state index contributed by atoms with van der Waals surface area (Å²) < 4.78 is 13.5. The Hall–Kier alpha value is -0.740.